The van der Waals surface area contributed by atoms with Gasteiger partial charge >= 0.3 is 0 Å². The van der Waals surface area contributed by atoms with Crippen LogP contribution in [-0.2, 0) is 12.4 Å². The zero-order valence-corrected chi connectivity index (χ0v) is 17.6. The molecule has 0 spiro atoms. The smallest absolute Gasteiger partial charge is 0.210 e. The van der Waals surface area contributed by atoms with Gasteiger partial charge in [-0.25, -0.2) is 9.66 Å². The van der Waals surface area contributed by atoms with Crippen molar-refractivity contribution in [2.24, 2.45) is 0 Å². The van der Waals surface area contributed by atoms with Crippen molar-refractivity contribution in [2.45, 2.75) is 17.5 Å². The van der Waals surface area contributed by atoms with Crippen LogP contribution in [0.25, 0.3) is 11.3 Å². The molecular formula is C20H18ClN5O3S. The molecule has 0 saturated heterocycles. The Morgan fingerprint density at radius 1 is 1.13 bits per heavy atom. The number of nitrogen functional groups attached to an aromatic ring is 1. The van der Waals surface area contributed by atoms with Gasteiger partial charge in [0.2, 0.25) is 11.0 Å². The molecule has 4 aromatic rings. The van der Waals surface area contributed by atoms with Gasteiger partial charge in [0.1, 0.15) is 18.1 Å². The summed E-state index contributed by atoms with van der Waals surface area (Å²) in [6.07, 6.45) is 1.68. The van der Waals surface area contributed by atoms with Crippen molar-refractivity contribution < 1.29 is 13.9 Å². The minimum absolute atomic E-state index is 0.178. The number of hydrogen-bond acceptors (Lipinski definition) is 8. The van der Waals surface area contributed by atoms with Crippen LogP contribution >= 0.6 is 23.4 Å². The molecule has 0 unspecified atom stereocenters. The molecule has 154 valence electrons. The summed E-state index contributed by atoms with van der Waals surface area (Å²) in [5, 5.41) is 9.41. The van der Waals surface area contributed by atoms with Crippen molar-refractivity contribution in [3.63, 3.8) is 0 Å². The topological polar surface area (TPSA) is 101 Å². The summed E-state index contributed by atoms with van der Waals surface area (Å²) in [4.78, 5) is 4.30. The lowest BCUT2D eigenvalue weighted by Gasteiger charge is -2.07. The third-order valence-corrected chi connectivity index (χ3v) is 5.33. The number of hydrogen-bond donors (Lipinski definition) is 1. The van der Waals surface area contributed by atoms with E-state index in [0.29, 0.717) is 44.9 Å². The molecule has 0 aliphatic carbocycles. The minimum Gasteiger partial charge on any atom is -0.497 e. The zero-order chi connectivity index (χ0) is 20.9. The molecule has 0 bridgehead atoms. The molecule has 0 radical (unpaired) electrons. The third kappa shape index (κ3) is 4.69. The first-order valence-corrected chi connectivity index (χ1v) is 10.3. The van der Waals surface area contributed by atoms with Crippen LogP contribution in [0.2, 0.25) is 5.02 Å². The normalized spacial score (nSPS) is 10.9. The van der Waals surface area contributed by atoms with Crippen LogP contribution in [0.4, 0.5) is 0 Å². The molecule has 2 heterocycles. The van der Waals surface area contributed by atoms with E-state index >= 15 is 0 Å². The van der Waals surface area contributed by atoms with E-state index < -0.39 is 0 Å². The van der Waals surface area contributed by atoms with Gasteiger partial charge in [0.05, 0.1) is 19.1 Å². The maximum absolute atomic E-state index is 6.10. The number of nitrogens with zero attached hydrogens (tertiary/aromatic N) is 4. The second kappa shape index (κ2) is 9.10. The van der Waals surface area contributed by atoms with Crippen LogP contribution in [0.3, 0.4) is 0 Å². The molecule has 0 saturated carbocycles. The number of aromatic nitrogens is 4. The number of rotatable bonds is 8. The van der Waals surface area contributed by atoms with Gasteiger partial charge in [-0.2, -0.15) is 0 Å². The first-order valence-electron chi connectivity index (χ1n) is 8.92. The number of oxazole rings is 1. The van der Waals surface area contributed by atoms with Gasteiger partial charge in [0.15, 0.2) is 11.6 Å². The summed E-state index contributed by atoms with van der Waals surface area (Å²) in [6, 6.07) is 14.7. The van der Waals surface area contributed by atoms with Crippen LogP contribution in [0.15, 0.2) is 64.3 Å². The number of nitrogens with two attached hydrogens (primary N) is 1. The summed E-state index contributed by atoms with van der Waals surface area (Å²) < 4.78 is 18.1. The van der Waals surface area contributed by atoms with Gasteiger partial charge in [-0.3, -0.25) is 0 Å². The summed E-state index contributed by atoms with van der Waals surface area (Å²) in [7, 11) is 1.60. The van der Waals surface area contributed by atoms with Gasteiger partial charge in [-0.1, -0.05) is 29.4 Å². The Morgan fingerprint density at radius 2 is 1.93 bits per heavy atom. The third-order valence-electron chi connectivity index (χ3n) is 4.15. The maximum Gasteiger partial charge on any atom is 0.210 e. The van der Waals surface area contributed by atoms with Crippen LogP contribution in [0, 0.1) is 0 Å². The molecular weight excluding hydrogens is 426 g/mol. The highest BCUT2D eigenvalue weighted by Gasteiger charge is 2.13. The summed E-state index contributed by atoms with van der Waals surface area (Å²) in [5.74, 6) is 9.65. The van der Waals surface area contributed by atoms with Gasteiger partial charge < -0.3 is 19.7 Å². The maximum atomic E-state index is 6.10. The van der Waals surface area contributed by atoms with E-state index in [1.165, 1.54) is 16.4 Å². The molecule has 2 N–H and O–H groups in total. The Labute approximate surface area is 182 Å². The SMILES string of the molecule is COc1cccc(OCc2nnc(SCc3ncc(-c4ccc(Cl)cc4)o3)n2N)c1. The van der Waals surface area contributed by atoms with E-state index in [4.69, 9.17) is 31.3 Å². The van der Waals surface area contributed by atoms with Crippen molar-refractivity contribution >= 4 is 23.4 Å². The minimum atomic E-state index is 0.178. The fourth-order valence-electron chi connectivity index (χ4n) is 2.59. The number of benzene rings is 2. The highest BCUT2D eigenvalue weighted by Crippen LogP contribution is 2.26. The number of ether oxygens (including phenoxy) is 2. The number of thioether (sulfide) groups is 1. The first-order chi connectivity index (χ1) is 14.6. The van der Waals surface area contributed by atoms with Crippen molar-refractivity contribution in [1.29, 1.82) is 0 Å². The molecule has 10 heteroatoms. The second-order valence-electron chi connectivity index (χ2n) is 6.15. The highest BCUT2D eigenvalue weighted by atomic mass is 35.5. The predicted molar refractivity (Wildman–Crippen MR) is 114 cm³/mol. The lowest BCUT2D eigenvalue weighted by molar-refractivity contribution is 0.289. The molecule has 8 nitrogen and oxygen atoms in total. The lowest BCUT2D eigenvalue weighted by Crippen LogP contribution is -2.15. The average Bonchev–Trinajstić information content (AvgIpc) is 3.38. The fourth-order valence-corrected chi connectivity index (χ4v) is 3.45. The van der Waals surface area contributed by atoms with Crippen LogP contribution in [0.1, 0.15) is 11.7 Å². The Kier molecular flexibility index (Phi) is 6.10. The lowest BCUT2D eigenvalue weighted by atomic mass is 10.2. The van der Waals surface area contributed by atoms with Crippen molar-refractivity contribution in [1.82, 2.24) is 19.9 Å². The van der Waals surface area contributed by atoms with E-state index in [9.17, 15) is 0 Å². The Hall–Kier alpha value is -3.17. The number of methoxy groups -OCH3 is 1. The van der Waals surface area contributed by atoms with E-state index in [-0.39, 0.29) is 6.61 Å². The summed E-state index contributed by atoms with van der Waals surface area (Å²) in [5.41, 5.74) is 0.905. The van der Waals surface area contributed by atoms with Gasteiger partial charge in [-0.05, 0) is 36.4 Å². The Balaban J connectivity index is 1.36. The summed E-state index contributed by atoms with van der Waals surface area (Å²) in [6.45, 7) is 0.178. The van der Waals surface area contributed by atoms with Gasteiger partial charge in [0, 0.05) is 16.7 Å². The Bertz CT molecular complexity index is 1130. The van der Waals surface area contributed by atoms with E-state index in [0.717, 1.165) is 5.56 Å². The molecule has 0 amide bonds. The van der Waals surface area contributed by atoms with Crippen LogP contribution < -0.4 is 15.3 Å². The summed E-state index contributed by atoms with van der Waals surface area (Å²) >= 11 is 7.29. The van der Waals surface area contributed by atoms with E-state index in [2.05, 4.69) is 15.2 Å². The van der Waals surface area contributed by atoms with Gasteiger partial charge in [0.25, 0.3) is 0 Å². The molecule has 0 fully saturated rings. The van der Waals surface area contributed by atoms with Gasteiger partial charge in [-0.15, -0.1) is 10.2 Å². The zero-order valence-electron chi connectivity index (χ0n) is 16.0. The monoisotopic (exact) mass is 443 g/mol. The molecule has 0 atom stereocenters. The fraction of sp³-hybridized carbons (Fsp3) is 0.150. The molecule has 0 aliphatic heterocycles. The number of halogens is 1. The van der Waals surface area contributed by atoms with Crippen LogP contribution in [-0.4, -0.2) is 27.0 Å². The van der Waals surface area contributed by atoms with Crippen molar-refractivity contribution in [2.75, 3.05) is 13.0 Å². The second-order valence-corrected chi connectivity index (χ2v) is 7.53. The standard InChI is InChI=1S/C20H18ClN5O3S/c1-27-15-3-2-4-16(9-15)28-11-18-24-25-20(26(18)22)30-12-19-23-10-17(29-19)13-5-7-14(21)8-6-13/h2-10H,11-12,22H2,1H3. The Morgan fingerprint density at radius 3 is 2.73 bits per heavy atom. The molecule has 0 aliphatic rings. The average molecular weight is 444 g/mol. The van der Waals surface area contributed by atoms with Crippen LogP contribution in [0.5, 0.6) is 11.5 Å². The molecule has 2 aromatic heterocycles. The van der Waals surface area contributed by atoms with Crippen molar-refractivity contribution in [3.8, 4) is 22.8 Å². The molecule has 4 rings (SSSR count). The molecule has 30 heavy (non-hydrogen) atoms. The predicted octanol–water partition coefficient (Wildman–Crippen LogP) is 4.18. The first kappa shape index (κ1) is 20.1. The quantitative estimate of drug-likeness (QED) is 0.319. The van der Waals surface area contributed by atoms with E-state index in [1.54, 1.807) is 31.5 Å². The van der Waals surface area contributed by atoms with E-state index in [1.807, 2.05) is 30.3 Å². The largest absolute Gasteiger partial charge is 0.497 e. The molecule has 2 aromatic carbocycles. The van der Waals surface area contributed by atoms with Crippen molar-refractivity contribution in [3.05, 3.63) is 71.5 Å². The highest BCUT2D eigenvalue weighted by molar-refractivity contribution is 7.98.